The van der Waals surface area contributed by atoms with Crippen molar-refractivity contribution in [2.45, 2.75) is 24.4 Å². The van der Waals surface area contributed by atoms with Crippen molar-refractivity contribution >= 4 is 10.0 Å². The summed E-state index contributed by atoms with van der Waals surface area (Å²) in [7, 11) is -3.65. The van der Waals surface area contributed by atoms with Crippen LogP contribution in [0.4, 0.5) is 0 Å². The van der Waals surface area contributed by atoms with Crippen molar-refractivity contribution in [3.63, 3.8) is 0 Å². The van der Waals surface area contributed by atoms with E-state index in [4.69, 9.17) is 15.0 Å². The summed E-state index contributed by atoms with van der Waals surface area (Å²) < 4.78 is 26.2. The predicted molar refractivity (Wildman–Crippen MR) is 38.1 cm³/mol. The lowest BCUT2D eigenvalue weighted by Gasteiger charge is -2.25. The zero-order valence-corrected chi connectivity index (χ0v) is 6.75. The van der Waals surface area contributed by atoms with E-state index in [2.05, 4.69) is 0 Å². The topological polar surface area (TPSA) is 89.6 Å². The molecule has 0 saturated carbocycles. The molecule has 5 nitrogen and oxygen atoms in total. The average Bonchev–Trinajstić information content (AvgIpc) is 1.86. The highest BCUT2D eigenvalue weighted by molar-refractivity contribution is 7.89. The summed E-state index contributed by atoms with van der Waals surface area (Å²) in [6, 6.07) is 0. The van der Waals surface area contributed by atoms with Gasteiger partial charge in [0.05, 0.1) is 0 Å². The fourth-order valence-corrected chi connectivity index (χ4v) is 1.96. The van der Waals surface area contributed by atoms with Gasteiger partial charge in [-0.25, -0.2) is 13.6 Å². The van der Waals surface area contributed by atoms with Gasteiger partial charge < -0.3 is 9.84 Å². The number of hydrogen-bond donors (Lipinski definition) is 2. The van der Waals surface area contributed by atoms with Gasteiger partial charge in [0, 0.05) is 6.61 Å². The van der Waals surface area contributed by atoms with Crippen LogP contribution in [0.25, 0.3) is 0 Å². The first-order chi connectivity index (χ1) is 5.02. The molecule has 0 aromatic rings. The van der Waals surface area contributed by atoms with E-state index in [9.17, 15) is 8.42 Å². The molecule has 0 aromatic heterocycles. The molecule has 11 heavy (non-hydrogen) atoms. The Morgan fingerprint density at radius 1 is 1.55 bits per heavy atom. The van der Waals surface area contributed by atoms with Gasteiger partial charge in [0.1, 0.15) is 5.25 Å². The van der Waals surface area contributed by atoms with E-state index < -0.39 is 21.6 Å². The van der Waals surface area contributed by atoms with Crippen molar-refractivity contribution in [3.05, 3.63) is 0 Å². The minimum atomic E-state index is -3.65. The summed E-state index contributed by atoms with van der Waals surface area (Å²) in [6.45, 7) is 0.396. The molecule has 66 valence electrons. The van der Waals surface area contributed by atoms with Crippen molar-refractivity contribution in [2.75, 3.05) is 6.61 Å². The molecule has 6 heteroatoms. The van der Waals surface area contributed by atoms with E-state index in [1.54, 1.807) is 0 Å². The van der Waals surface area contributed by atoms with Crippen molar-refractivity contribution in [1.82, 2.24) is 0 Å². The number of hydrogen-bond acceptors (Lipinski definition) is 4. The fraction of sp³-hybridized carbons (Fsp3) is 1.00. The Balaban J connectivity index is 2.70. The minimum absolute atomic E-state index is 0.375. The number of nitrogens with two attached hydrogens (primary N) is 1. The lowest BCUT2D eigenvalue weighted by molar-refractivity contribution is -0.120. The van der Waals surface area contributed by atoms with E-state index in [1.165, 1.54) is 0 Å². The molecule has 1 rings (SSSR count). The van der Waals surface area contributed by atoms with Gasteiger partial charge in [-0.05, 0) is 12.8 Å². The predicted octanol–water partition coefficient (Wildman–Crippen LogP) is -1.23. The molecule has 0 bridgehead atoms. The van der Waals surface area contributed by atoms with Gasteiger partial charge in [-0.1, -0.05) is 0 Å². The zero-order valence-electron chi connectivity index (χ0n) is 5.93. The van der Waals surface area contributed by atoms with Gasteiger partial charge in [0.2, 0.25) is 10.0 Å². The Bertz CT molecular complexity index is 225. The van der Waals surface area contributed by atoms with Crippen LogP contribution in [-0.2, 0) is 14.8 Å². The molecule has 3 N–H and O–H groups in total. The molecule has 1 aliphatic rings. The second-order valence-electron chi connectivity index (χ2n) is 2.53. The van der Waals surface area contributed by atoms with Gasteiger partial charge in [0.15, 0.2) is 6.29 Å². The summed E-state index contributed by atoms with van der Waals surface area (Å²) >= 11 is 0. The SMILES string of the molecule is NS(=O)(=O)C1CCCOC1O. The van der Waals surface area contributed by atoms with Crippen molar-refractivity contribution in [3.8, 4) is 0 Å². The molecule has 0 aliphatic carbocycles. The van der Waals surface area contributed by atoms with E-state index in [0.29, 0.717) is 19.4 Å². The monoisotopic (exact) mass is 181 g/mol. The van der Waals surface area contributed by atoms with Crippen LogP contribution in [0.5, 0.6) is 0 Å². The van der Waals surface area contributed by atoms with E-state index in [-0.39, 0.29) is 0 Å². The summed E-state index contributed by atoms with van der Waals surface area (Å²) in [6.07, 6.45) is -0.253. The fourth-order valence-electron chi connectivity index (χ4n) is 1.07. The summed E-state index contributed by atoms with van der Waals surface area (Å²) in [5, 5.41) is 12.9. The van der Waals surface area contributed by atoms with Gasteiger partial charge in [-0.3, -0.25) is 0 Å². The number of rotatable bonds is 1. The highest BCUT2D eigenvalue weighted by Crippen LogP contribution is 2.16. The second-order valence-corrected chi connectivity index (χ2v) is 4.31. The Morgan fingerprint density at radius 3 is 2.55 bits per heavy atom. The lowest BCUT2D eigenvalue weighted by Crippen LogP contribution is -2.43. The lowest BCUT2D eigenvalue weighted by atomic mass is 10.2. The van der Waals surface area contributed by atoms with E-state index in [1.807, 2.05) is 0 Å². The maximum Gasteiger partial charge on any atom is 0.216 e. The van der Waals surface area contributed by atoms with E-state index in [0.717, 1.165) is 0 Å². The average molecular weight is 181 g/mol. The van der Waals surface area contributed by atoms with Crippen LogP contribution in [0.2, 0.25) is 0 Å². The number of primary sulfonamides is 1. The third-order valence-electron chi connectivity index (χ3n) is 1.66. The summed E-state index contributed by atoms with van der Waals surface area (Å²) in [5.41, 5.74) is 0. The maximum atomic E-state index is 10.7. The number of aliphatic hydroxyl groups is 1. The molecule has 1 fully saturated rings. The van der Waals surface area contributed by atoms with Crippen LogP contribution < -0.4 is 5.14 Å². The highest BCUT2D eigenvalue weighted by atomic mass is 32.2. The minimum Gasteiger partial charge on any atom is -0.367 e. The molecule has 0 aromatic carbocycles. The summed E-state index contributed by atoms with van der Waals surface area (Å²) in [4.78, 5) is 0. The standard InChI is InChI=1S/C5H11NO4S/c6-11(8,9)4-2-1-3-10-5(4)7/h4-5,7H,1-3H2,(H2,6,8,9). The molecule has 2 atom stereocenters. The Hall–Kier alpha value is -0.170. The van der Waals surface area contributed by atoms with Crippen molar-refractivity contribution in [1.29, 1.82) is 0 Å². The Kier molecular flexibility index (Phi) is 2.48. The molecule has 1 aliphatic heterocycles. The van der Waals surface area contributed by atoms with Gasteiger partial charge in [-0.2, -0.15) is 0 Å². The number of sulfonamides is 1. The Labute approximate surface area is 65.2 Å². The second kappa shape index (κ2) is 3.06. The molecule has 1 saturated heterocycles. The third-order valence-corrected chi connectivity index (χ3v) is 2.97. The van der Waals surface area contributed by atoms with Crippen LogP contribution >= 0.6 is 0 Å². The first-order valence-corrected chi connectivity index (χ1v) is 4.94. The van der Waals surface area contributed by atoms with Crippen molar-refractivity contribution in [2.24, 2.45) is 5.14 Å². The summed E-state index contributed by atoms with van der Waals surface area (Å²) in [5.74, 6) is 0. The van der Waals surface area contributed by atoms with Gasteiger partial charge >= 0.3 is 0 Å². The maximum absolute atomic E-state index is 10.7. The first-order valence-electron chi connectivity index (χ1n) is 3.33. The number of aliphatic hydroxyl groups excluding tert-OH is 1. The van der Waals surface area contributed by atoms with Crippen LogP contribution in [0, 0.1) is 0 Å². The highest BCUT2D eigenvalue weighted by Gasteiger charge is 2.32. The third kappa shape index (κ3) is 2.13. The van der Waals surface area contributed by atoms with E-state index >= 15 is 0 Å². The normalized spacial score (nSPS) is 33.6. The molecule has 0 amide bonds. The zero-order chi connectivity index (χ0) is 8.48. The molecule has 1 heterocycles. The first kappa shape index (κ1) is 8.92. The quantitative estimate of drug-likeness (QED) is 0.530. The molecular weight excluding hydrogens is 170 g/mol. The molecule has 0 radical (unpaired) electrons. The smallest absolute Gasteiger partial charge is 0.216 e. The van der Waals surface area contributed by atoms with Crippen LogP contribution in [0.3, 0.4) is 0 Å². The largest absolute Gasteiger partial charge is 0.367 e. The number of ether oxygens (including phenoxy) is 1. The van der Waals surface area contributed by atoms with Crippen molar-refractivity contribution < 1.29 is 18.3 Å². The van der Waals surface area contributed by atoms with Gasteiger partial charge in [0.25, 0.3) is 0 Å². The molecule has 0 spiro atoms. The molecule has 2 unspecified atom stereocenters. The Morgan fingerprint density at radius 2 is 2.18 bits per heavy atom. The van der Waals surface area contributed by atoms with Gasteiger partial charge in [-0.15, -0.1) is 0 Å². The molecular formula is C5H11NO4S. The van der Waals surface area contributed by atoms with Crippen LogP contribution in [-0.4, -0.2) is 31.7 Å². The van der Waals surface area contributed by atoms with Crippen LogP contribution in [0.1, 0.15) is 12.8 Å². The van der Waals surface area contributed by atoms with Crippen LogP contribution in [0.15, 0.2) is 0 Å².